The van der Waals surface area contributed by atoms with Gasteiger partial charge in [-0.1, -0.05) is 13.0 Å². The quantitative estimate of drug-likeness (QED) is 0.865. The molecule has 1 aromatic rings. The van der Waals surface area contributed by atoms with Crippen molar-refractivity contribution in [3.63, 3.8) is 0 Å². The van der Waals surface area contributed by atoms with Gasteiger partial charge in [-0.2, -0.15) is 0 Å². The van der Waals surface area contributed by atoms with Gasteiger partial charge in [-0.3, -0.25) is 0 Å². The van der Waals surface area contributed by atoms with E-state index in [0.717, 1.165) is 12.0 Å². The largest absolute Gasteiger partial charge is 0.392 e. The van der Waals surface area contributed by atoms with Crippen molar-refractivity contribution in [2.45, 2.75) is 56.8 Å². The molecule has 0 spiro atoms. The highest BCUT2D eigenvalue weighted by atomic mass is 32.2. The van der Waals surface area contributed by atoms with E-state index in [1.54, 1.807) is 18.2 Å². The zero-order valence-corrected chi connectivity index (χ0v) is 13.5. The third-order valence-electron chi connectivity index (χ3n) is 4.29. The Kier molecular flexibility index (Phi) is 4.72. The molecule has 0 aromatic heterocycles. The lowest BCUT2D eigenvalue weighted by Gasteiger charge is -2.28. The lowest BCUT2D eigenvalue weighted by Crippen LogP contribution is -2.50. The minimum absolute atomic E-state index is 0.163. The summed E-state index contributed by atoms with van der Waals surface area (Å²) in [4.78, 5) is 0.184. The summed E-state index contributed by atoms with van der Waals surface area (Å²) in [5, 5.41) is 9.38. The molecule has 2 N–H and O–H groups in total. The normalized spacial score (nSPS) is 26.2. The number of ether oxygens (including phenoxy) is 1. The van der Waals surface area contributed by atoms with Gasteiger partial charge in [0.05, 0.1) is 23.1 Å². The summed E-state index contributed by atoms with van der Waals surface area (Å²) in [5.41, 5.74) is 1.02. The van der Waals surface area contributed by atoms with Crippen LogP contribution in [0.1, 0.15) is 38.3 Å². The fourth-order valence-corrected chi connectivity index (χ4v) is 4.14. The fraction of sp³-hybridized carbons (Fsp3) is 0.600. The minimum atomic E-state index is -3.63. The van der Waals surface area contributed by atoms with E-state index in [-0.39, 0.29) is 17.6 Å². The maximum Gasteiger partial charge on any atom is 0.241 e. The van der Waals surface area contributed by atoms with Crippen molar-refractivity contribution < 1.29 is 18.3 Å². The molecule has 1 aliphatic heterocycles. The van der Waals surface area contributed by atoms with Crippen LogP contribution in [0.3, 0.4) is 0 Å². The number of sulfonamides is 1. The number of aliphatic hydroxyl groups is 1. The van der Waals surface area contributed by atoms with Crippen LogP contribution >= 0.6 is 0 Å². The first-order chi connectivity index (χ1) is 9.82. The lowest BCUT2D eigenvalue weighted by atomic mass is 9.97. The van der Waals surface area contributed by atoms with Gasteiger partial charge in [-0.05, 0) is 49.9 Å². The second-order valence-electron chi connectivity index (χ2n) is 5.73. The van der Waals surface area contributed by atoms with Gasteiger partial charge >= 0.3 is 0 Å². The minimum Gasteiger partial charge on any atom is -0.392 e. The predicted molar refractivity (Wildman–Crippen MR) is 80.5 cm³/mol. The number of aliphatic hydroxyl groups excluding tert-OH is 1. The van der Waals surface area contributed by atoms with E-state index in [2.05, 4.69) is 4.72 Å². The first-order valence-corrected chi connectivity index (χ1v) is 8.69. The van der Waals surface area contributed by atoms with Gasteiger partial charge in [-0.15, -0.1) is 0 Å². The Labute approximate surface area is 126 Å². The monoisotopic (exact) mass is 313 g/mol. The molecule has 0 saturated carbocycles. The van der Waals surface area contributed by atoms with Crippen LogP contribution < -0.4 is 4.72 Å². The van der Waals surface area contributed by atoms with Gasteiger partial charge < -0.3 is 9.84 Å². The van der Waals surface area contributed by atoms with Gasteiger partial charge in [-0.25, -0.2) is 13.1 Å². The lowest BCUT2D eigenvalue weighted by molar-refractivity contribution is 0.0957. The summed E-state index contributed by atoms with van der Waals surface area (Å²) >= 11 is 0. The average molecular weight is 313 g/mol. The predicted octanol–water partition coefficient (Wildman–Crippen LogP) is 1.59. The van der Waals surface area contributed by atoms with E-state index in [1.165, 1.54) is 0 Å². The zero-order valence-electron chi connectivity index (χ0n) is 12.7. The van der Waals surface area contributed by atoms with Crippen LogP contribution in [0.4, 0.5) is 0 Å². The number of nitrogens with one attached hydrogen (secondary N) is 1. The number of hydrogen-bond acceptors (Lipinski definition) is 4. The smallest absolute Gasteiger partial charge is 0.241 e. The Bertz CT molecular complexity index is 614. The molecule has 0 amide bonds. The summed E-state index contributed by atoms with van der Waals surface area (Å²) in [6.45, 7) is 6.09. The van der Waals surface area contributed by atoms with E-state index >= 15 is 0 Å². The van der Waals surface area contributed by atoms with E-state index in [9.17, 15) is 13.5 Å². The summed E-state index contributed by atoms with van der Waals surface area (Å²) < 4.78 is 33.3. The zero-order chi connectivity index (χ0) is 15.7. The van der Waals surface area contributed by atoms with E-state index in [1.807, 2.05) is 20.8 Å². The second-order valence-corrected chi connectivity index (χ2v) is 7.41. The molecule has 0 bridgehead atoms. The molecule has 21 heavy (non-hydrogen) atoms. The molecule has 1 saturated heterocycles. The van der Waals surface area contributed by atoms with Gasteiger partial charge in [0.15, 0.2) is 0 Å². The molecule has 1 aromatic carbocycles. The molecular weight excluding hydrogens is 290 g/mol. The van der Waals surface area contributed by atoms with Crippen LogP contribution in [-0.2, 0) is 27.8 Å². The molecular formula is C15H23NO4S. The second kappa shape index (κ2) is 6.04. The molecule has 2 unspecified atom stereocenters. The van der Waals surface area contributed by atoms with Crippen molar-refractivity contribution in [3.8, 4) is 0 Å². The van der Waals surface area contributed by atoms with Crippen molar-refractivity contribution in [1.82, 2.24) is 4.72 Å². The Morgan fingerprint density at radius 1 is 1.43 bits per heavy atom. The van der Waals surface area contributed by atoms with Crippen LogP contribution in [0.15, 0.2) is 23.1 Å². The molecule has 2 atom stereocenters. The van der Waals surface area contributed by atoms with E-state index < -0.39 is 15.6 Å². The van der Waals surface area contributed by atoms with E-state index in [0.29, 0.717) is 18.6 Å². The third-order valence-corrected chi connectivity index (χ3v) is 5.90. The highest BCUT2D eigenvalue weighted by molar-refractivity contribution is 7.89. The summed E-state index contributed by atoms with van der Waals surface area (Å²) in [6.07, 6.45) is 1.24. The Morgan fingerprint density at radius 3 is 2.67 bits per heavy atom. The van der Waals surface area contributed by atoms with Crippen LogP contribution in [0, 0.1) is 0 Å². The highest BCUT2D eigenvalue weighted by Gasteiger charge is 2.40. The Balaban J connectivity index is 2.32. The van der Waals surface area contributed by atoms with Crippen LogP contribution in [-0.4, -0.2) is 31.8 Å². The molecule has 2 rings (SSSR count). The molecule has 0 aliphatic carbocycles. The number of rotatable bonds is 5. The Morgan fingerprint density at radius 2 is 2.14 bits per heavy atom. The molecule has 0 radical (unpaired) electrons. The van der Waals surface area contributed by atoms with Crippen LogP contribution in [0.25, 0.3) is 0 Å². The molecule has 1 heterocycles. The summed E-state index contributed by atoms with van der Waals surface area (Å²) in [7, 11) is -3.63. The number of aryl methyl sites for hydroxylation is 1. The van der Waals surface area contributed by atoms with Crippen molar-refractivity contribution in [2.75, 3.05) is 6.61 Å². The number of benzene rings is 1. The van der Waals surface area contributed by atoms with Gasteiger partial charge in [0.25, 0.3) is 0 Å². The standard InChI is InChI=1S/C15H23NO4S/c1-4-12-5-6-14(9-13(12)10-17)21(18,19)16-15(3)7-8-20-11(15)2/h5-6,9,11,16-17H,4,7-8,10H2,1-3H3. The van der Waals surface area contributed by atoms with Gasteiger partial charge in [0.1, 0.15) is 0 Å². The van der Waals surface area contributed by atoms with E-state index in [4.69, 9.17) is 4.74 Å². The molecule has 6 heteroatoms. The maximum absolute atomic E-state index is 12.6. The maximum atomic E-state index is 12.6. The summed E-state index contributed by atoms with van der Waals surface area (Å²) in [6, 6.07) is 4.90. The number of hydrogen-bond donors (Lipinski definition) is 2. The highest BCUT2D eigenvalue weighted by Crippen LogP contribution is 2.28. The SMILES string of the molecule is CCc1ccc(S(=O)(=O)NC2(C)CCOC2C)cc1CO. The van der Waals surface area contributed by atoms with Gasteiger partial charge in [0, 0.05) is 6.61 Å². The van der Waals surface area contributed by atoms with Crippen molar-refractivity contribution >= 4 is 10.0 Å². The third kappa shape index (κ3) is 3.29. The first kappa shape index (κ1) is 16.4. The van der Waals surface area contributed by atoms with Crippen LogP contribution in [0.2, 0.25) is 0 Å². The molecule has 5 nitrogen and oxygen atoms in total. The topological polar surface area (TPSA) is 75.6 Å². The molecule has 1 fully saturated rings. The molecule has 118 valence electrons. The van der Waals surface area contributed by atoms with Crippen molar-refractivity contribution in [1.29, 1.82) is 0 Å². The molecule has 1 aliphatic rings. The first-order valence-electron chi connectivity index (χ1n) is 7.20. The van der Waals surface area contributed by atoms with Crippen LogP contribution in [0.5, 0.6) is 0 Å². The van der Waals surface area contributed by atoms with Gasteiger partial charge in [0.2, 0.25) is 10.0 Å². The Hall–Kier alpha value is -0.950. The average Bonchev–Trinajstić information content (AvgIpc) is 2.76. The van der Waals surface area contributed by atoms with Crippen molar-refractivity contribution in [2.24, 2.45) is 0 Å². The fourth-order valence-electron chi connectivity index (χ4n) is 2.60. The van der Waals surface area contributed by atoms with Crippen molar-refractivity contribution in [3.05, 3.63) is 29.3 Å². The summed E-state index contributed by atoms with van der Waals surface area (Å²) in [5.74, 6) is 0.